The minimum absolute atomic E-state index is 0.454. The summed E-state index contributed by atoms with van der Waals surface area (Å²) in [6, 6.07) is 22.7. The number of allylic oxidation sites excluding steroid dienone is 2. The van der Waals surface area contributed by atoms with Gasteiger partial charge in [-0.15, -0.1) is 0 Å². The Labute approximate surface area is 232 Å². The molecule has 0 saturated heterocycles. The van der Waals surface area contributed by atoms with Crippen LogP contribution in [0.25, 0.3) is 23.3 Å². The minimum atomic E-state index is -1.10. The van der Waals surface area contributed by atoms with Crippen LogP contribution in [0.3, 0.4) is 0 Å². The Morgan fingerprint density at radius 3 is 1.46 bits per heavy atom. The second-order valence-corrected chi connectivity index (χ2v) is 13.9. The molecule has 0 aliphatic heterocycles. The number of fused-ring (bicyclic) bond motifs is 2. The molecule has 0 bridgehead atoms. The summed E-state index contributed by atoms with van der Waals surface area (Å²) in [6.45, 7) is 8.77. The van der Waals surface area contributed by atoms with Gasteiger partial charge in [0.05, 0.1) is 0 Å². The Bertz CT molecular complexity index is 1410. The molecule has 2 aromatic carbocycles. The van der Waals surface area contributed by atoms with E-state index in [0.717, 1.165) is 24.2 Å². The van der Waals surface area contributed by atoms with Gasteiger partial charge in [0.15, 0.2) is 0 Å². The van der Waals surface area contributed by atoms with Crippen LogP contribution in [0.4, 0.5) is 0 Å². The van der Waals surface area contributed by atoms with Crippen LogP contribution in [-0.4, -0.2) is 9.97 Å². The molecular formula is C34H32N2Zr. The first-order chi connectivity index (χ1) is 18.1. The molecule has 37 heavy (non-hydrogen) atoms. The number of hydrogen-bond donors (Lipinski definition) is 0. The molecule has 0 spiro atoms. The van der Waals surface area contributed by atoms with Crippen LogP contribution in [0, 0.1) is 13.8 Å². The summed E-state index contributed by atoms with van der Waals surface area (Å²) in [5.41, 5.74) is 16.3. The van der Waals surface area contributed by atoms with Crippen LogP contribution in [0.2, 0.25) is 0 Å². The summed E-state index contributed by atoms with van der Waals surface area (Å²) in [5, 5.41) is 0. The van der Waals surface area contributed by atoms with Crippen LogP contribution in [0.1, 0.15) is 77.0 Å². The fraction of sp³-hybridized carbons (Fsp3) is 0.235. The molecule has 182 valence electrons. The van der Waals surface area contributed by atoms with Gasteiger partial charge in [-0.25, -0.2) is 0 Å². The Morgan fingerprint density at radius 1 is 0.622 bits per heavy atom. The number of hydrogen-bond acceptors (Lipinski definition) is 2. The Kier molecular flexibility index (Phi) is 6.68. The van der Waals surface area contributed by atoms with Crippen molar-refractivity contribution in [3.63, 3.8) is 0 Å². The Hall–Kier alpha value is -2.90. The molecule has 2 nitrogen and oxygen atoms in total. The van der Waals surface area contributed by atoms with E-state index < -0.39 is 23.2 Å². The maximum absolute atomic E-state index is 4.91. The summed E-state index contributed by atoms with van der Waals surface area (Å²) in [7, 11) is 0. The molecule has 0 amide bonds. The van der Waals surface area contributed by atoms with E-state index in [4.69, 9.17) is 9.97 Å². The van der Waals surface area contributed by atoms with Crippen LogP contribution < -0.4 is 0 Å². The van der Waals surface area contributed by atoms with Gasteiger partial charge in [0.2, 0.25) is 0 Å². The van der Waals surface area contributed by atoms with Gasteiger partial charge in [-0.05, 0) is 0 Å². The van der Waals surface area contributed by atoms with E-state index in [9.17, 15) is 0 Å². The molecule has 2 aromatic heterocycles. The molecule has 2 unspecified atom stereocenters. The van der Waals surface area contributed by atoms with E-state index in [1.54, 1.807) is 0 Å². The molecule has 4 aromatic rings. The topological polar surface area (TPSA) is 25.8 Å². The van der Waals surface area contributed by atoms with Gasteiger partial charge in [-0.1, -0.05) is 0 Å². The third kappa shape index (κ3) is 4.42. The summed E-state index contributed by atoms with van der Waals surface area (Å²) < 4.78 is 0.908. The Morgan fingerprint density at radius 2 is 1.08 bits per heavy atom. The first-order valence-corrected chi connectivity index (χ1v) is 16.2. The van der Waals surface area contributed by atoms with Gasteiger partial charge < -0.3 is 0 Å². The standard InChI is InChI=1S/2C17H16N.Zr/c2*1-3-13-5-4-6-14-9-15(10-16(13)14)17-8-7-12(2)11-18-17;/h2*4-11H,3H2,1-2H3;. The van der Waals surface area contributed by atoms with Crippen molar-refractivity contribution in [3.05, 3.63) is 129 Å². The normalized spacial score (nSPS) is 17.7. The molecule has 2 atom stereocenters. The fourth-order valence-electron chi connectivity index (χ4n) is 5.80. The molecule has 2 heterocycles. The quantitative estimate of drug-likeness (QED) is 0.238. The van der Waals surface area contributed by atoms with Crippen molar-refractivity contribution in [2.45, 2.75) is 47.8 Å². The molecule has 0 N–H and O–H groups in total. The van der Waals surface area contributed by atoms with E-state index in [1.807, 2.05) is 12.4 Å². The molecule has 2 aliphatic rings. The van der Waals surface area contributed by atoms with Crippen molar-refractivity contribution < 1.29 is 23.2 Å². The predicted octanol–water partition coefficient (Wildman–Crippen LogP) is 8.19. The average Bonchev–Trinajstić information content (AvgIpc) is 3.48. The SMILES string of the molecule is CCc1cccc2c1C=C(c1ccc(C)cn1)[CH]2[Zr][CH]1C(c2ccc(C)cn2)=Cc2c(CC)cccc21. The molecule has 2 aliphatic carbocycles. The number of pyridine rings is 2. The molecular weight excluding hydrogens is 528 g/mol. The predicted molar refractivity (Wildman–Crippen MR) is 151 cm³/mol. The van der Waals surface area contributed by atoms with Crippen LogP contribution in [-0.2, 0) is 36.1 Å². The molecule has 3 heteroatoms. The summed E-state index contributed by atoms with van der Waals surface area (Å²) >= 11 is -1.10. The molecule has 0 saturated carbocycles. The van der Waals surface area contributed by atoms with Crippen LogP contribution in [0.5, 0.6) is 0 Å². The first-order valence-electron chi connectivity index (χ1n) is 13.4. The zero-order valence-corrected chi connectivity index (χ0v) is 24.5. The van der Waals surface area contributed by atoms with Gasteiger partial charge in [0, 0.05) is 0 Å². The van der Waals surface area contributed by atoms with Gasteiger partial charge >= 0.3 is 233 Å². The van der Waals surface area contributed by atoms with Crippen molar-refractivity contribution >= 4 is 23.3 Å². The number of nitrogens with zero attached hydrogens (tertiary/aromatic N) is 2. The molecule has 0 radical (unpaired) electrons. The monoisotopic (exact) mass is 558 g/mol. The summed E-state index contributed by atoms with van der Waals surface area (Å²) in [6.07, 6.45) is 11.1. The number of benzene rings is 2. The van der Waals surface area contributed by atoms with Crippen molar-refractivity contribution in [1.82, 2.24) is 9.97 Å². The number of aromatic nitrogens is 2. The van der Waals surface area contributed by atoms with Gasteiger partial charge in [0.25, 0.3) is 0 Å². The third-order valence-electron chi connectivity index (χ3n) is 7.81. The molecule has 0 fully saturated rings. The second kappa shape index (κ2) is 10.1. The van der Waals surface area contributed by atoms with E-state index in [1.165, 1.54) is 55.7 Å². The molecule has 6 rings (SSSR count). The van der Waals surface area contributed by atoms with Gasteiger partial charge in [-0.3, -0.25) is 0 Å². The third-order valence-corrected chi connectivity index (χ3v) is 12.5. The summed E-state index contributed by atoms with van der Waals surface area (Å²) in [5.74, 6) is 0. The van der Waals surface area contributed by atoms with Gasteiger partial charge in [0.1, 0.15) is 0 Å². The van der Waals surface area contributed by atoms with E-state index >= 15 is 0 Å². The Balaban J connectivity index is 1.48. The van der Waals surface area contributed by atoms with E-state index in [0.29, 0.717) is 7.25 Å². The zero-order chi connectivity index (χ0) is 25.5. The first kappa shape index (κ1) is 24.4. The van der Waals surface area contributed by atoms with Crippen LogP contribution >= 0.6 is 0 Å². The van der Waals surface area contributed by atoms with Crippen LogP contribution in [0.15, 0.2) is 73.1 Å². The van der Waals surface area contributed by atoms with E-state index in [2.05, 4.69) is 101 Å². The summed E-state index contributed by atoms with van der Waals surface area (Å²) in [4.78, 5) is 9.83. The maximum atomic E-state index is 4.91. The van der Waals surface area contributed by atoms with Crippen molar-refractivity contribution in [1.29, 1.82) is 0 Å². The van der Waals surface area contributed by atoms with Crippen molar-refractivity contribution in [3.8, 4) is 0 Å². The number of rotatable bonds is 6. The van der Waals surface area contributed by atoms with Gasteiger partial charge in [-0.2, -0.15) is 0 Å². The average molecular weight is 560 g/mol. The zero-order valence-electron chi connectivity index (χ0n) is 22.0. The van der Waals surface area contributed by atoms with E-state index in [-0.39, 0.29) is 0 Å². The number of aryl methyl sites for hydroxylation is 4. The van der Waals surface area contributed by atoms with Crippen molar-refractivity contribution in [2.24, 2.45) is 0 Å². The van der Waals surface area contributed by atoms with Crippen molar-refractivity contribution in [2.75, 3.05) is 0 Å². The fourth-order valence-corrected chi connectivity index (χ4v) is 10.8. The second-order valence-electron chi connectivity index (χ2n) is 10.2.